The maximum Gasteiger partial charge on any atom is 0.305 e. The number of ether oxygens (including phenoxy) is 2. The Morgan fingerprint density at radius 3 is 2.00 bits per heavy atom. The quantitative estimate of drug-likeness (QED) is 0.316. The van der Waals surface area contributed by atoms with Crippen molar-refractivity contribution >= 4 is 23.6 Å². The van der Waals surface area contributed by atoms with Crippen molar-refractivity contribution in [2.45, 2.75) is 32.5 Å². The Labute approximate surface area is 219 Å². The number of carboxylic acids is 1. The molecule has 1 heterocycles. The molecule has 0 fully saturated rings. The third-order valence-corrected chi connectivity index (χ3v) is 4.81. The molecule has 1 amide bonds. The summed E-state index contributed by atoms with van der Waals surface area (Å²) < 4.78 is 11.9. The van der Waals surface area contributed by atoms with E-state index in [0.717, 1.165) is 5.57 Å². The molecule has 11 nitrogen and oxygen atoms in total. The Kier molecular flexibility index (Phi) is 10.7. The molecule has 2 N–H and O–H groups in total. The molecule has 0 spiro atoms. The number of aromatic nitrogens is 1. The van der Waals surface area contributed by atoms with Crippen molar-refractivity contribution in [2.75, 3.05) is 19.8 Å². The van der Waals surface area contributed by atoms with E-state index in [2.05, 4.69) is 32.4 Å². The van der Waals surface area contributed by atoms with Crippen molar-refractivity contribution in [1.29, 1.82) is 0 Å². The minimum atomic E-state index is -1.02. The van der Waals surface area contributed by atoms with E-state index >= 15 is 0 Å². The van der Waals surface area contributed by atoms with Gasteiger partial charge in [0.25, 0.3) is 5.91 Å². The second kappa shape index (κ2) is 14.6. The van der Waals surface area contributed by atoms with Crippen LogP contribution >= 0.6 is 0 Å². The summed E-state index contributed by atoms with van der Waals surface area (Å²) in [7, 11) is 0. The Morgan fingerprint density at radius 2 is 1.47 bits per heavy atom. The SMILES string of the molecule is CCON=C=C1C=CC(Oc2ccc(C(=O)NCCC(=O)O)c(OC3C=CC(=C=NOCC)C=C3)n2)C=C1. The summed E-state index contributed by atoms with van der Waals surface area (Å²) in [6.07, 6.45) is 13.0. The van der Waals surface area contributed by atoms with Crippen LogP contribution in [0.1, 0.15) is 30.6 Å². The molecule has 0 saturated heterocycles. The zero-order valence-electron chi connectivity index (χ0n) is 21.0. The second-order valence-electron chi connectivity index (χ2n) is 7.66. The van der Waals surface area contributed by atoms with Crippen LogP contribution in [0.4, 0.5) is 0 Å². The van der Waals surface area contributed by atoms with Gasteiger partial charge in [0.2, 0.25) is 11.8 Å². The topological polar surface area (TPSA) is 141 Å². The van der Waals surface area contributed by atoms with E-state index in [-0.39, 0.29) is 30.3 Å². The summed E-state index contributed by atoms with van der Waals surface area (Å²) in [5.41, 5.74) is 1.54. The third kappa shape index (κ3) is 8.98. The lowest BCUT2D eigenvalue weighted by Crippen LogP contribution is -2.27. The van der Waals surface area contributed by atoms with Gasteiger partial charge in [-0.2, -0.15) is 4.98 Å². The normalized spacial score (nSPS) is 17.2. The van der Waals surface area contributed by atoms with Crippen LogP contribution in [0.15, 0.2) is 82.2 Å². The Balaban J connectivity index is 1.76. The molecule has 38 heavy (non-hydrogen) atoms. The van der Waals surface area contributed by atoms with Gasteiger partial charge >= 0.3 is 5.97 Å². The lowest BCUT2D eigenvalue weighted by molar-refractivity contribution is -0.136. The Bertz CT molecular complexity index is 1230. The summed E-state index contributed by atoms with van der Waals surface area (Å²) >= 11 is 0. The van der Waals surface area contributed by atoms with E-state index in [0.29, 0.717) is 18.8 Å². The van der Waals surface area contributed by atoms with E-state index in [4.69, 9.17) is 24.3 Å². The summed E-state index contributed by atoms with van der Waals surface area (Å²) in [6.45, 7) is 4.50. The molecule has 198 valence electrons. The molecule has 1 aromatic heterocycles. The van der Waals surface area contributed by atoms with E-state index in [9.17, 15) is 9.59 Å². The van der Waals surface area contributed by atoms with Gasteiger partial charge in [0.05, 0.1) is 6.42 Å². The molecule has 0 bridgehead atoms. The van der Waals surface area contributed by atoms with Gasteiger partial charge in [0, 0.05) is 35.5 Å². The fourth-order valence-electron chi connectivity index (χ4n) is 3.04. The van der Waals surface area contributed by atoms with Gasteiger partial charge in [-0.15, -0.1) is 0 Å². The van der Waals surface area contributed by atoms with Crippen LogP contribution in [0.5, 0.6) is 11.8 Å². The first-order valence-electron chi connectivity index (χ1n) is 12.0. The molecule has 11 heteroatoms. The van der Waals surface area contributed by atoms with Crippen LogP contribution in [0.2, 0.25) is 0 Å². The number of amides is 1. The van der Waals surface area contributed by atoms with Crippen molar-refractivity contribution in [3.8, 4) is 11.8 Å². The first kappa shape index (κ1) is 27.7. The molecular weight excluding hydrogens is 492 g/mol. The highest BCUT2D eigenvalue weighted by atomic mass is 16.6. The zero-order chi connectivity index (χ0) is 27.2. The standard InChI is InChI=1S/C27H28N4O7/c1-3-35-29-17-19-5-9-21(10-6-19)37-24-14-13-23(26(34)28-16-15-25(32)33)27(31-24)38-22-11-7-20(8-12-22)18-30-36-4-2/h5-14,21-22H,3-4,15-16H2,1-2H3,(H,28,34)(H,32,33). The predicted octanol–water partition coefficient (Wildman–Crippen LogP) is 3.13. The van der Waals surface area contributed by atoms with Crippen molar-refractivity contribution in [2.24, 2.45) is 10.3 Å². The molecular formula is C27H28N4O7. The number of allylic oxidation sites excluding steroid dienone is 6. The van der Waals surface area contributed by atoms with Crippen molar-refractivity contribution < 1.29 is 33.8 Å². The molecule has 0 saturated carbocycles. The molecule has 3 rings (SSSR count). The van der Waals surface area contributed by atoms with Crippen LogP contribution in [0.3, 0.4) is 0 Å². The molecule has 0 unspecified atom stereocenters. The van der Waals surface area contributed by atoms with Gasteiger partial charge in [0.15, 0.2) is 0 Å². The molecule has 0 aromatic carbocycles. The van der Waals surface area contributed by atoms with E-state index in [1.165, 1.54) is 6.07 Å². The van der Waals surface area contributed by atoms with Crippen LogP contribution in [0.25, 0.3) is 0 Å². The fraction of sp³-hybridized carbons (Fsp3) is 0.296. The number of carbonyl (C=O) groups excluding carboxylic acids is 1. The number of carbonyl (C=O) groups is 2. The molecule has 2 aliphatic carbocycles. The van der Waals surface area contributed by atoms with E-state index in [1.807, 2.05) is 13.8 Å². The summed E-state index contributed by atoms with van der Waals surface area (Å²) in [4.78, 5) is 37.8. The maximum absolute atomic E-state index is 12.7. The maximum atomic E-state index is 12.7. The zero-order valence-corrected chi connectivity index (χ0v) is 21.0. The van der Waals surface area contributed by atoms with Crippen molar-refractivity contribution in [3.63, 3.8) is 0 Å². The largest absolute Gasteiger partial charge is 0.481 e. The number of pyridine rings is 1. The molecule has 0 radical (unpaired) electrons. The minimum absolute atomic E-state index is 0.0261. The van der Waals surface area contributed by atoms with Gasteiger partial charge < -0.3 is 29.6 Å². The number of nitrogens with one attached hydrogen (secondary N) is 1. The van der Waals surface area contributed by atoms with E-state index < -0.39 is 24.1 Å². The first-order chi connectivity index (χ1) is 18.5. The molecule has 0 atom stereocenters. The number of aliphatic carboxylic acids is 1. The third-order valence-electron chi connectivity index (χ3n) is 4.81. The van der Waals surface area contributed by atoms with Crippen LogP contribution < -0.4 is 14.8 Å². The van der Waals surface area contributed by atoms with Gasteiger partial charge in [-0.3, -0.25) is 9.59 Å². The van der Waals surface area contributed by atoms with E-state index in [1.54, 1.807) is 54.7 Å². The van der Waals surface area contributed by atoms with Gasteiger partial charge in [0.1, 0.15) is 31.0 Å². The number of hydrogen-bond acceptors (Lipinski definition) is 9. The van der Waals surface area contributed by atoms with Gasteiger partial charge in [-0.25, -0.2) is 0 Å². The molecule has 2 aliphatic rings. The molecule has 0 aliphatic heterocycles. The number of hydrogen-bond donors (Lipinski definition) is 2. The lowest BCUT2D eigenvalue weighted by Gasteiger charge is -2.18. The monoisotopic (exact) mass is 520 g/mol. The number of nitrogens with zero attached hydrogens (tertiary/aromatic N) is 3. The van der Waals surface area contributed by atoms with Gasteiger partial charge in [-0.1, -0.05) is 0 Å². The fourth-order valence-corrected chi connectivity index (χ4v) is 3.04. The molecule has 1 aromatic rings. The average molecular weight is 521 g/mol. The first-order valence-corrected chi connectivity index (χ1v) is 12.0. The smallest absolute Gasteiger partial charge is 0.305 e. The van der Waals surface area contributed by atoms with Crippen LogP contribution in [0, 0.1) is 0 Å². The van der Waals surface area contributed by atoms with Gasteiger partial charge in [-0.05, 0) is 78.8 Å². The second-order valence-corrected chi connectivity index (χ2v) is 7.66. The number of rotatable bonds is 12. The predicted molar refractivity (Wildman–Crippen MR) is 139 cm³/mol. The van der Waals surface area contributed by atoms with Crippen LogP contribution in [-0.4, -0.2) is 65.7 Å². The number of carboxylic acid groups (broad SMARTS) is 1. The highest BCUT2D eigenvalue weighted by molar-refractivity contribution is 5.96. The van der Waals surface area contributed by atoms with Crippen LogP contribution in [-0.2, 0) is 14.5 Å². The van der Waals surface area contributed by atoms with Crippen molar-refractivity contribution in [1.82, 2.24) is 10.3 Å². The average Bonchev–Trinajstić information content (AvgIpc) is 2.91. The Hall–Kier alpha value is -4.85. The Morgan fingerprint density at radius 1 is 0.921 bits per heavy atom. The summed E-state index contributed by atoms with van der Waals surface area (Å²) in [6, 6.07) is 3.06. The highest BCUT2D eigenvalue weighted by Crippen LogP contribution is 2.24. The highest BCUT2D eigenvalue weighted by Gasteiger charge is 2.20. The summed E-state index contributed by atoms with van der Waals surface area (Å²) in [5, 5.41) is 18.8. The minimum Gasteiger partial charge on any atom is -0.481 e. The van der Waals surface area contributed by atoms with Crippen molar-refractivity contribution in [3.05, 3.63) is 77.5 Å². The summed E-state index contributed by atoms with van der Waals surface area (Å²) in [5.74, 6) is 4.23. The lowest BCUT2D eigenvalue weighted by atomic mass is 10.1.